The first-order valence-corrected chi connectivity index (χ1v) is 6.01. The van der Waals surface area contributed by atoms with Crippen molar-refractivity contribution in [3.05, 3.63) is 21.4 Å². The molecule has 0 bridgehead atoms. The fraction of sp³-hybridized carbons (Fsp3) is 0.143. The van der Waals surface area contributed by atoms with Gasteiger partial charge in [-0.25, -0.2) is 4.98 Å². The number of hydrogen-bond acceptors (Lipinski definition) is 8. The third kappa shape index (κ3) is 2.70. The SMILES string of the molecule is Nc1cc(=O)[nH]c(SCc2nnc(N)s2)n1. The largest absolute Gasteiger partial charge is 0.383 e. The summed E-state index contributed by atoms with van der Waals surface area (Å²) in [4.78, 5) is 17.6. The summed E-state index contributed by atoms with van der Waals surface area (Å²) in [5.41, 5.74) is 10.6. The summed E-state index contributed by atoms with van der Waals surface area (Å²) >= 11 is 2.62. The summed E-state index contributed by atoms with van der Waals surface area (Å²) in [6, 6.07) is 1.23. The lowest BCUT2D eigenvalue weighted by Crippen LogP contribution is -2.09. The molecule has 9 heteroatoms. The Kier molecular flexibility index (Phi) is 3.06. The van der Waals surface area contributed by atoms with Crippen molar-refractivity contribution in [1.29, 1.82) is 0 Å². The molecule has 84 valence electrons. The van der Waals surface area contributed by atoms with Gasteiger partial charge in [0.25, 0.3) is 5.56 Å². The van der Waals surface area contributed by atoms with Crippen LogP contribution in [0.15, 0.2) is 16.0 Å². The van der Waals surface area contributed by atoms with Crippen LogP contribution in [0.4, 0.5) is 10.9 Å². The molecule has 0 aliphatic carbocycles. The summed E-state index contributed by atoms with van der Waals surface area (Å²) in [5, 5.41) is 9.18. The number of H-pyrrole nitrogens is 1. The van der Waals surface area contributed by atoms with Gasteiger partial charge in [0.15, 0.2) is 5.16 Å². The van der Waals surface area contributed by atoms with Crippen LogP contribution in [0.25, 0.3) is 0 Å². The first-order chi connectivity index (χ1) is 7.63. The smallest absolute Gasteiger partial charge is 0.253 e. The van der Waals surface area contributed by atoms with Gasteiger partial charge in [-0.05, 0) is 0 Å². The van der Waals surface area contributed by atoms with Crippen LogP contribution in [0.2, 0.25) is 0 Å². The molecule has 7 nitrogen and oxygen atoms in total. The molecular weight excluding hydrogens is 248 g/mol. The quantitative estimate of drug-likeness (QED) is 0.524. The molecule has 16 heavy (non-hydrogen) atoms. The van der Waals surface area contributed by atoms with Gasteiger partial charge >= 0.3 is 0 Å². The number of rotatable bonds is 3. The van der Waals surface area contributed by atoms with Crippen LogP contribution in [0.5, 0.6) is 0 Å². The molecule has 2 rings (SSSR count). The predicted molar refractivity (Wildman–Crippen MR) is 63.2 cm³/mol. The highest BCUT2D eigenvalue weighted by molar-refractivity contribution is 7.98. The highest BCUT2D eigenvalue weighted by Gasteiger charge is 2.04. The van der Waals surface area contributed by atoms with E-state index >= 15 is 0 Å². The summed E-state index contributed by atoms with van der Waals surface area (Å²) in [6.07, 6.45) is 0. The Hall–Kier alpha value is -1.61. The van der Waals surface area contributed by atoms with Crippen LogP contribution in [-0.2, 0) is 5.75 Å². The van der Waals surface area contributed by atoms with Gasteiger partial charge in [-0.1, -0.05) is 23.1 Å². The number of aromatic amines is 1. The van der Waals surface area contributed by atoms with Crippen molar-refractivity contribution in [2.75, 3.05) is 11.5 Å². The Labute approximate surface area is 98.3 Å². The van der Waals surface area contributed by atoms with Crippen molar-refractivity contribution in [2.24, 2.45) is 0 Å². The maximum absolute atomic E-state index is 11.1. The van der Waals surface area contributed by atoms with Gasteiger partial charge in [0.05, 0.1) is 5.75 Å². The van der Waals surface area contributed by atoms with Gasteiger partial charge in [-0.2, -0.15) is 0 Å². The number of nitrogens with one attached hydrogen (secondary N) is 1. The van der Waals surface area contributed by atoms with Crippen LogP contribution >= 0.6 is 23.1 Å². The number of nitrogen functional groups attached to an aromatic ring is 2. The molecule has 0 saturated heterocycles. The van der Waals surface area contributed by atoms with Gasteiger partial charge in [-0.15, -0.1) is 10.2 Å². The lowest BCUT2D eigenvalue weighted by atomic mass is 10.6. The molecule has 5 N–H and O–H groups in total. The molecular formula is C7H8N6OS2. The van der Waals surface area contributed by atoms with Gasteiger partial charge in [0, 0.05) is 6.07 Å². The minimum atomic E-state index is -0.272. The molecule has 0 atom stereocenters. The maximum Gasteiger partial charge on any atom is 0.253 e. The standard InChI is InChI=1S/C7H8N6OS2/c8-3-1-4(14)11-7(10-3)15-2-5-12-13-6(9)16-5/h1H,2H2,(H2,9,13)(H3,8,10,11,14). The van der Waals surface area contributed by atoms with Crippen molar-refractivity contribution in [2.45, 2.75) is 10.9 Å². The molecule has 0 amide bonds. The molecule has 0 unspecified atom stereocenters. The van der Waals surface area contributed by atoms with Crippen molar-refractivity contribution in [3.63, 3.8) is 0 Å². The fourth-order valence-corrected chi connectivity index (χ4v) is 2.45. The molecule has 0 radical (unpaired) electrons. The predicted octanol–water partition coefficient (Wildman–Crippen LogP) is 0.0781. The molecule has 0 aliphatic rings. The Balaban J connectivity index is 2.07. The number of nitrogens with two attached hydrogens (primary N) is 2. The van der Waals surface area contributed by atoms with E-state index in [0.29, 0.717) is 16.0 Å². The second-order valence-electron chi connectivity index (χ2n) is 2.80. The van der Waals surface area contributed by atoms with Gasteiger partial charge in [-0.3, -0.25) is 4.79 Å². The average molecular weight is 256 g/mol. The second-order valence-corrected chi connectivity index (χ2v) is 4.86. The van der Waals surface area contributed by atoms with Gasteiger partial charge < -0.3 is 16.5 Å². The maximum atomic E-state index is 11.1. The molecule has 2 aromatic heterocycles. The molecule has 0 spiro atoms. The zero-order valence-electron chi connectivity index (χ0n) is 8.01. The Morgan fingerprint density at radius 3 is 2.88 bits per heavy atom. The second kappa shape index (κ2) is 4.49. The highest BCUT2D eigenvalue weighted by Crippen LogP contribution is 2.21. The summed E-state index contributed by atoms with van der Waals surface area (Å²) in [7, 11) is 0. The molecule has 0 fully saturated rings. The van der Waals surface area contributed by atoms with E-state index in [2.05, 4.69) is 20.2 Å². The molecule has 0 aromatic carbocycles. The van der Waals surface area contributed by atoms with Crippen molar-refractivity contribution >= 4 is 34.0 Å². The number of anilines is 2. The topological polar surface area (TPSA) is 124 Å². The summed E-state index contributed by atoms with van der Waals surface area (Å²) < 4.78 is 0. The number of nitrogens with zero attached hydrogens (tertiary/aromatic N) is 3. The van der Waals surface area contributed by atoms with Crippen molar-refractivity contribution < 1.29 is 0 Å². The van der Waals surface area contributed by atoms with Crippen LogP contribution in [0, 0.1) is 0 Å². The summed E-state index contributed by atoms with van der Waals surface area (Å²) in [6.45, 7) is 0. The monoisotopic (exact) mass is 256 g/mol. The van der Waals surface area contributed by atoms with E-state index in [9.17, 15) is 4.79 Å². The van der Waals surface area contributed by atoms with Crippen LogP contribution in [0.3, 0.4) is 0 Å². The lowest BCUT2D eigenvalue weighted by Gasteiger charge is -1.98. The lowest BCUT2D eigenvalue weighted by molar-refractivity contribution is 0.943. The average Bonchev–Trinajstić information content (AvgIpc) is 2.60. The minimum Gasteiger partial charge on any atom is -0.383 e. The van der Waals surface area contributed by atoms with Crippen LogP contribution in [0.1, 0.15) is 5.01 Å². The molecule has 0 saturated carbocycles. The van der Waals surface area contributed by atoms with Crippen LogP contribution < -0.4 is 17.0 Å². The Morgan fingerprint density at radius 2 is 2.25 bits per heavy atom. The van der Waals surface area contributed by atoms with Crippen molar-refractivity contribution in [3.8, 4) is 0 Å². The third-order valence-corrected chi connectivity index (χ3v) is 3.37. The minimum absolute atomic E-state index is 0.197. The fourth-order valence-electron chi connectivity index (χ4n) is 0.977. The van der Waals surface area contributed by atoms with Crippen LogP contribution in [-0.4, -0.2) is 20.2 Å². The normalized spacial score (nSPS) is 10.5. The zero-order valence-corrected chi connectivity index (χ0v) is 9.64. The van der Waals surface area contributed by atoms with E-state index in [1.807, 2.05) is 0 Å². The summed E-state index contributed by atoms with van der Waals surface area (Å²) in [5.74, 6) is 0.740. The van der Waals surface area contributed by atoms with E-state index in [1.54, 1.807) is 0 Å². The first kappa shape index (κ1) is 10.9. The number of aromatic nitrogens is 4. The highest BCUT2D eigenvalue weighted by atomic mass is 32.2. The Morgan fingerprint density at radius 1 is 1.44 bits per heavy atom. The van der Waals surface area contributed by atoms with E-state index in [4.69, 9.17) is 11.5 Å². The number of thioether (sulfide) groups is 1. The third-order valence-electron chi connectivity index (χ3n) is 1.55. The zero-order chi connectivity index (χ0) is 11.5. The van der Waals surface area contributed by atoms with E-state index < -0.39 is 0 Å². The van der Waals surface area contributed by atoms with Gasteiger partial charge in [0.1, 0.15) is 10.8 Å². The van der Waals surface area contributed by atoms with E-state index in [-0.39, 0.29) is 11.4 Å². The molecule has 2 heterocycles. The number of hydrogen-bond donors (Lipinski definition) is 3. The molecule has 0 aliphatic heterocycles. The Bertz CT molecular complexity index is 550. The van der Waals surface area contributed by atoms with Crippen molar-refractivity contribution in [1.82, 2.24) is 20.2 Å². The molecule has 2 aromatic rings. The van der Waals surface area contributed by atoms with E-state index in [0.717, 1.165) is 5.01 Å². The first-order valence-electron chi connectivity index (χ1n) is 4.21. The van der Waals surface area contributed by atoms with E-state index in [1.165, 1.54) is 29.2 Å². The van der Waals surface area contributed by atoms with Gasteiger partial charge in [0.2, 0.25) is 5.13 Å².